The molecule has 6 heteroatoms. The molecule has 0 aliphatic heterocycles. The average Bonchev–Trinajstić information content (AvgIpc) is 2.85. The van der Waals surface area contributed by atoms with Crippen molar-refractivity contribution in [2.24, 2.45) is 0 Å². The van der Waals surface area contributed by atoms with E-state index in [1.807, 2.05) is 13.8 Å². The second-order valence-electron chi connectivity index (χ2n) is 4.43. The van der Waals surface area contributed by atoms with Crippen molar-refractivity contribution >= 4 is 21.8 Å². The molecular weight excluding hydrogens is 280 g/mol. The van der Waals surface area contributed by atoms with Crippen molar-refractivity contribution in [3.8, 4) is 0 Å². The lowest BCUT2D eigenvalue weighted by Crippen LogP contribution is -2.06. The number of nitrogens with zero attached hydrogens (tertiary/aromatic N) is 2. The van der Waals surface area contributed by atoms with Crippen molar-refractivity contribution in [2.75, 3.05) is 6.26 Å². The first-order valence-corrected chi connectivity index (χ1v) is 8.58. The molecule has 0 spiro atoms. The van der Waals surface area contributed by atoms with Gasteiger partial charge in [0.25, 0.3) is 0 Å². The summed E-state index contributed by atoms with van der Waals surface area (Å²) in [5.41, 5.74) is 0.781. The smallest absolute Gasteiger partial charge is 0.217 e. The third kappa shape index (κ3) is 2.69. The molecule has 0 unspecified atom stereocenters. The van der Waals surface area contributed by atoms with Gasteiger partial charge in [0.15, 0.2) is 5.03 Å². The van der Waals surface area contributed by atoms with Crippen LogP contribution in [0, 0.1) is 0 Å². The Morgan fingerprint density at radius 3 is 2.37 bits per heavy atom. The Hall–Kier alpha value is -1.27. The van der Waals surface area contributed by atoms with Crippen molar-refractivity contribution < 1.29 is 8.42 Å². The number of benzene rings is 1. The molecule has 1 aromatic heterocycles. The molecule has 2 rings (SSSR count). The fourth-order valence-corrected chi connectivity index (χ4v) is 3.88. The van der Waals surface area contributed by atoms with Crippen LogP contribution in [0.15, 0.2) is 46.3 Å². The number of aromatic nitrogens is 2. The van der Waals surface area contributed by atoms with Crippen LogP contribution in [0.3, 0.4) is 0 Å². The lowest BCUT2D eigenvalue weighted by molar-refractivity contribution is 0.590. The normalized spacial score (nSPS) is 12.0. The largest absolute Gasteiger partial charge is 0.224 e. The topological polar surface area (TPSA) is 52.0 Å². The highest BCUT2D eigenvalue weighted by molar-refractivity contribution is 7.98. The molecule has 0 aliphatic carbocycles. The molecule has 2 aromatic rings. The number of hydrogen-bond acceptors (Lipinski definition) is 4. The molecule has 4 nitrogen and oxygen atoms in total. The molecule has 0 saturated carbocycles. The van der Waals surface area contributed by atoms with Gasteiger partial charge in [0.05, 0.1) is 10.6 Å². The standard InChI is InChI=1S/C13H16N2O2S2/c1-10(2)12-9-13(15(14-12)18-3)19(16,17)11-7-5-4-6-8-11/h4-10H,1-3H3. The summed E-state index contributed by atoms with van der Waals surface area (Å²) in [5.74, 6) is 0.193. The van der Waals surface area contributed by atoms with Crippen LogP contribution in [0.25, 0.3) is 0 Å². The third-order valence-corrected chi connectivity index (χ3v) is 5.23. The van der Waals surface area contributed by atoms with Gasteiger partial charge in [-0.25, -0.2) is 8.42 Å². The van der Waals surface area contributed by atoms with Crippen LogP contribution in [-0.4, -0.2) is 23.9 Å². The van der Waals surface area contributed by atoms with Gasteiger partial charge in [0.1, 0.15) is 0 Å². The minimum atomic E-state index is -3.51. The Kier molecular flexibility index (Phi) is 4.01. The van der Waals surface area contributed by atoms with Gasteiger partial charge < -0.3 is 0 Å². The minimum absolute atomic E-state index is 0.193. The Labute approximate surface area is 117 Å². The highest BCUT2D eigenvalue weighted by atomic mass is 32.2. The van der Waals surface area contributed by atoms with Crippen LogP contribution in [0.5, 0.6) is 0 Å². The first-order valence-electron chi connectivity index (χ1n) is 5.91. The predicted octanol–water partition coefficient (Wildman–Crippen LogP) is 2.97. The number of hydrogen-bond donors (Lipinski definition) is 0. The highest BCUT2D eigenvalue weighted by Gasteiger charge is 2.24. The Morgan fingerprint density at radius 1 is 1.21 bits per heavy atom. The summed E-state index contributed by atoms with van der Waals surface area (Å²) in [5, 5.41) is 4.55. The first-order chi connectivity index (χ1) is 8.96. The number of rotatable bonds is 4. The molecule has 0 saturated heterocycles. The molecule has 0 fully saturated rings. The molecule has 0 radical (unpaired) electrons. The highest BCUT2D eigenvalue weighted by Crippen LogP contribution is 2.26. The van der Waals surface area contributed by atoms with E-state index in [1.165, 1.54) is 16.0 Å². The summed E-state index contributed by atoms with van der Waals surface area (Å²) in [7, 11) is -3.51. The van der Waals surface area contributed by atoms with Crippen molar-refractivity contribution in [3.05, 3.63) is 42.1 Å². The van der Waals surface area contributed by atoms with Crippen molar-refractivity contribution in [1.29, 1.82) is 0 Å². The summed E-state index contributed by atoms with van der Waals surface area (Å²) < 4.78 is 26.6. The summed E-state index contributed by atoms with van der Waals surface area (Å²) in [6.45, 7) is 3.98. The fraction of sp³-hybridized carbons (Fsp3) is 0.308. The average molecular weight is 296 g/mol. The van der Waals surface area contributed by atoms with E-state index in [9.17, 15) is 8.42 Å². The van der Waals surface area contributed by atoms with Gasteiger partial charge in [0, 0.05) is 12.3 Å². The zero-order valence-electron chi connectivity index (χ0n) is 11.1. The molecule has 1 heterocycles. The zero-order chi connectivity index (χ0) is 14.0. The molecule has 0 aliphatic rings. The lowest BCUT2D eigenvalue weighted by Gasteiger charge is -2.04. The lowest BCUT2D eigenvalue weighted by atomic mass is 10.1. The van der Waals surface area contributed by atoms with E-state index >= 15 is 0 Å². The summed E-state index contributed by atoms with van der Waals surface area (Å²) in [6, 6.07) is 10.1. The third-order valence-electron chi connectivity index (χ3n) is 2.76. The second kappa shape index (κ2) is 5.38. The Morgan fingerprint density at radius 2 is 1.84 bits per heavy atom. The van der Waals surface area contributed by atoms with Crippen molar-refractivity contribution in [3.63, 3.8) is 0 Å². The second-order valence-corrected chi connectivity index (χ2v) is 7.04. The summed E-state index contributed by atoms with van der Waals surface area (Å²) >= 11 is 1.28. The van der Waals surface area contributed by atoms with E-state index in [0.717, 1.165) is 5.69 Å². The predicted molar refractivity (Wildman–Crippen MR) is 77.1 cm³/mol. The van der Waals surface area contributed by atoms with Gasteiger partial charge >= 0.3 is 0 Å². The van der Waals surface area contributed by atoms with Gasteiger partial charge in [-0.2, -0.15) is 9.19 Å². The monoisotopic (exact) mass is 296 g/mol. The molecule has 0 amide bonds. The van der Waals surface area contributed by atoms with Gasteiger partial charge in [-0.3, -0.25) is 0 Å². The Balaban J connectivity index is 2.58. The molecule has 0 atom stereocenters. The molecule has 1 aromatic carbocycles. The molecule has 19 heavy (non-hydrogen) atoms. The molecular formula is C13H16N2O2S2. The van der Waals surface area contributed by atoms with Crippen LogP contribution in [0.1, 0.15) is 25.5 Å². The number of sulfone groups is 1. The molecule has 102 valence electrons. The summed E-state index contributed by atoms with van der Waals surface area (Å²) in [6.07, 6.45) is 1.81. The quantitative estimate of drug-likeness (QED) is 0.870. The van der Waals surface area contributed by atoms with Crippen LogP contribution in [0.4, 0.5) is 0 Å². The van der Waals surface area contributed by atoms with Crippen LogP contribution >= 0.6 is 11.9 Å². The van der Waals surface area contributed by atoms with Crippen LogP contribution < -0.4 is 0 Å². The van der Waals surface area contributed by atoms with Gasteiger partial charge in [-0.15, -0.1) is 0 Å². The maximum Gasteiger partial charge on any atom is 0.224 e. The summed E-state index contributed by atoms with van der Waals surface area (Å²) in [4.78, 5) is 0.292. The van der Waals surface area contributed by atoms with E-state index in [1.54, 1.807) is 42.7 Å². The van der Waals surface area contributed by atoms with E-state index in [2.05, 4.69) is 5.10 Å². The minimum Gasteiger partial charge on any atom is -0.217 e. The zero-order valence-corrected chi connectivity index (χ0v) is 12.7. The SMILES string of the molecule is CSn1nc(C(C)C)cc1S(=O)(=O)c1ccccc1. The molecule has 0 N–H and O–H groups in total. The van der Waals surface area contributed by atoms with Crippen LogP contribution in [-0.2, 0) is 9.84 Å². The van der Waals surface area contributed by atoms with E-state index in [4.69, 9.17) is 0 Å². The first kappa shape index (κ1) is 14.1. The van der Waals surface area contributed by atoms with Gasteiger partial charge in [-0.05, 0) is 30.0 Å². The Bertz CT molecular complexity index is 661. The maximum absolute atomic E-state index is 12.6. The van der Waals surface area contributed by atoms with E-state index < -0.39 is 9.84 Å². The fourth-order valence-electron chi connectivity index (χ4n) is 1.68. The van der Waals surface area contributed by atoms with Gasteiger partial charge in [0.2, 0.25) is 9.84 Å². The van der Waals surface area contributed by atoms with E-state index in [0.29, 0.717) is 4.90 Å². The van der Waals surface area contributed by atoms with E-state index in [-0.39, 0.29) is 10.9 Å². The van der Waals surface area contributed by atoms with Gasteiger partial charge in [-0.1, -0.05) is 32.0 Å². The van der Waals surface area contributed by atoms with Crippen molar-refractivity contribution in [1.82, 2.24) is 9.19 Å². The van der Waals surface area contributed by atoms with Crippen molar-refractivity contribution in [2.45, 2.75) is 29.7 Å². The van der Waals surface area contributed by atoms with Crippen LogP contribution in [0.2, 0.25) is 0 Å². The molecule has 0 bridgehead atoms. The maximum atomic E-state index is 12.6.